The number of carboxylic acids is 1. The Kier molecular flexibility index (Phi) is 2.15. The number of carboxylic acid groups (broad SMARTS) is 1. The van der Waals surface area contributed by atoms with Crippen LogP contribution in [0.4, 0.5) is 0 Å². The fourth-order valence-electron chi connectivity index (χ4n) is 1.39. The quantitative estimate of drug-likeness (QED) is 0.606. The second-order valence-corrected chi connectivity index (χ2v) is 2.94. The minimum atomic E-state index is -0.980. The Morgan fingerprint density at radius 2 is 2.27 bits per heavy atom. The van der Waals surface area contributed by atoms with Crippen molar-refractivity contribution in [2.24, 2.45) is 5.73 Å². The summed E-state index contributed by atoms with van der Waals surface area (Å²) in [5, 5.41) is 8.61. The van der Waals surface area contributed by atoms with E-state index in [0.29, 0.717) is 0 Å². The molecule has 0 radical (unpaired) electrons. The van der Waals surface area contributed by atoms with Crippen LogP contribution in [0.15, 0.2) is 0 Å². The summed E-state index contributed by atoms with van der Waals surface area (Å²) in [6.07, 6.45) is 2.53. The number of hydrogen-bond acceptors (Lipinski definition) is 3. The lowest BCUT2D eigenvalue weighted by molar-refractivity contribution is -0.154. The molecule has 64 valence electrons. The maximum Gasteiger partial charge on any atom is 0.323 e. The normalized spacial score (nSPS) is 23.8. The second kappa shape index (κ2) is 2.79. The third-order valence-electron chi connectivity index (χ3n) is 2.44. The zero-order valence-corrected chi connectivity index (χ0v) is 6.54. The Bertz CT molecular complexity index is 160. The maximum absolute atomic E-state index is 10.5. The van der Waals surface area contributed by atoms with Crippen molar-refractivity contribution in [1.82, 2.24) is 0 Å². The van der Waals surface area contributed by atoms with Gasteiger partial charge < -0.3 is 15.6 Å². The number of hydrogen-bond donors (Lipinski definition) is 2. The third-order valence-corrected chi connectivity index (χ3v) is 2.44. The number of rotatable bonds is 3. The van der Waals surface area contributed by atoms with Crippen molar-refractivity contribution in [3.05, 3.63) is 0 Å². The number of ether oxygens (including phenoxy) is 1. The maximum atomic E-state index is 10.5. The van der Waals surface area contributed by atoms with Crippen LogP contribution in [0.1, 0.15) is 19.3 Å². The highest BCUT2D eigenvalue weighted by molar-refractivity contribution is 5.75. The van der Waals surface area contributed by atoms with Gasteiger partial charge in [-0.05, 0) is 19.3 Å². The molecule has 0 amide bonds. The lowest BCUT2D eigenvalue weighted by atomic mass is 9.75. The molecule has 1 aliphatic rings. The van der Waals surface area contributed by atoms with Crippen molar-refractivity contribution in [3.63, 3.8) is 0 Å². The molecule has 0 aromatic rings. The predicted molar refractivity (Wildman–Crippen MR) is 39.2 cm³/mol. The first-order chi connectivity index (χ1) is 5.12. The van der Waals surface area contributed by atoms with Gasteiger partial charge in [-0.3, -0.25) is 4.79 Å². The Balaban J connectivity index is 2.61. The third kappa shape index (κ3) is 1.23. The van der Waals surface area contributed by atoms with Crippen molar-refractivity contribution in [1.29, 1.82) is 0 Å². The highest BCUT2D eigenvalue weighted by atomic mass is 16.5. The first-order valence-corrected chi connectivity index (χ1v) is 3.66. The topological polar surface area (TPSA) is 72.5 Å². The van der Waals surface area contributed by atoms with E-state index in [4.69, 9.17) is 15.6 Å². The highest BCUT2D eigenvalue weighted by Gasteiger charge is 2.46. The number of aliphatic carboxylic acids is 1. The Hall–Kier alpha value is -0.610. The second-order valence-electron chi connectivity index (χ2n) is 2.94. The van der Waals surface area contributed by atoms with Crippen LogP contribution in [0.3, 0.4) is 0 Å². The van der Waals surface area contributed by atoms with E-state index in [0.717, 1.165) is 19.3 Å². The molecule has 11 heavy (non-hydrogen) atoms. The van der Waals surface area contributed by atoms with E-state index in [1.807, 2.05) is 0 Å². The fourth-order valence-corrected chi connectivity index (χ4v) is 1.39. The van der Waals surface area contributed by atoms with Gasteiger partial charge in [0.1, 0.15) is 6.04 Å². The van der Waals surface area contributed by atoms with E-state index in [-0.39, 0.29) is 0 Å². The average molecular weight is 159 g/mol. The molecule has 0 bridgehead atoms. The zero-order chi connectivity index (χ0) is 8.48. The highest BCUT2D eigenvalue weighted by Crippen LogP contribution is 2.37. The van der Waals surface area contributed by atoms with Crippen LogP contribution < -0.4 is 5.73 Å². The Morgan fingerprint density at radius 3 is 2.36 bits per heavy atom. The van der Waals surface area contributed by atoms with E-state index in [9.17, 15) is 4.79 Å². The number of nitrogens with two attached hydrogens (primary N) is 1. The molecule has 4 nitrogen and oxygen atoms in total. The van der Waals surface area contributed by atoms with Crippen LogP contribution in [-0.2, 0) is 9.53 Å². The largest absolute Gasteiger partial charge is 0.480 e. The summed E-state index contributed by atoms with van der Waals surface area (Å²) in [4.78, 5) is 10.5. The van der Waals surface area contributed by atoms with Crippen molar-refractivity contribution in [2.75, 3.05) is 7.11 Å². The SMILES string of the molecule is COC1([C@H](N)C(=O)O)CCC1. The molecule has 1 fully saturated rings. The molecule has 0 aromatic heterocycles. The smallest absolute Gasteiger partial charge is 0.323 e. The van der Waals surface area contributed by atoms with Gasteiger partial charge in [-0.1, -0.05) is 0 Å². The lowest BCUT2D eigenvalue weighted by Gasteiger charge is -2.42. The first kappa shape index (κ1) is 8.49. The summed E-state index contributed by atoms with van der Waals surface area (Å²) in [6.45, 7) is 0. The molecule has 1 aliphatic carbocycles. The summed E-state index contributed by atoms with van der Waals surface area (Å²) in [7, 11) is 1.52. The van der Waals surface area contributed by atoms with Crippen LogP contribution in [0, 0.1) is 0 Å². The summed E-state index contributed by atoms with van der Waals surface area (Å²) < 4.78 is 5.09. The van der Waals surface area contributed by atoms with Gasteiger partial charge in [-0.25, -0.2) is 0 Å². The molecule has 0 aromatic carbocycles. The summed E-state index contributed by atoms with van der Waals surface area (Å²) in [5.41, 5.74) is 4.87. The average Bonchev–Trinajstić information content (AvgIpc) is 1.86. The molecule has 0 unspecified atom stereocenters. The number of methoxy groups -OCH3 is 1. The van der Waals surface area contributed by atoms with Crippen molar-refractivity contribution in [3.8, 4) is 0 Å². The molecular formula is C7H13NO3. The minimum absolute atomic E-state index is 0.578. The van der Waals surface area contributed by atoms with E-state index in [1.165, 1.54) is 7.11 Å². The summed E-state index contributed by atoms with van der Waals surface area (Å²) in [6, 6.07) is -0.874. The monoisotopic (exact) mass is 159 g/mol. The standard InChI is InChI=1S/C7H13NO3/c1-11-7(3-2-4-7)5(8)6(9)10/h5H,2-4,8H2,1H3,(H,9,10)/t5-/m1/s1. The molecule has 4 heteroatoms. The van der Waals surface area contributed by atoms with E-state index < -0.39 is 17.6 Å². The molecule has 1 atom stereocenters. The molecule has 3 N–H and O–H groups in total. The molecule has 0 spiro atoms. The number of carbonyl (C=O) groups is 1. The van der Waals surface area contributed by atoms with Gasteiger partial charge >= 0.3 is 5.97 Å². The van der Waals surface area contributed by atoms with Gasteiger partial charge in [0.2, 0.25) is 0 Å². The van der Waals surface area contributed by atoms with Crippen molar-refractivity contribution < 1.29 is 14.6 Å². The predicted octanol–water partition coefficient (Wildman–Crippen LogP) is -0.0326. The molecule has 0 aliphatic heterocycles. The van der Waals surface area contributed by atoms with Crippen LogP contribution >= 0.6 is 0 Å². The summed E-state index contributed by atoms with van der Waals surface area (Å²) >= 11 is 0. The van der Waals surface area contributed by atoms with Crippen LogP contribution in [0.25, 0.3) is 0 Å². The molecule has 0 saturated heterocycles. The van der Waals surface area contributed by atoms with E-state index in [1.54, 1.807) is 0 Å². The first-order valence-electron chi connectivity index (χ1n) is 3.66. The van der Waals surface area contributed by atoms with Crippen molar-refractivity contribution >= 4 is 5.97 Å². The van der Waals surface area contributed by atoms with Crippen LogP contribution in [-0.4, -0.2) is 29.8 Å². The zero-order valence-electron chi connectivity index (χ0n) is 6.54. The van der Waals surface area contributed by atoms with Crippen molar-refractivity contribution in [2.45, 2.75) is 30.9 Å². The lowest BCUT2D eigenvalue weighted by Crippen LogP contribution is -2.58. The Morgan fingerprint density at radius 1 is 1.73 bits per heavy atom. The van der Waals surface area contributed by atoms with Gasteiger partial charge in [0.15, 0.2) is 0 Å². The molecule has 1 rings (SSSR count). The van der Waals surface area contributed by atoms with Gasteiger partial charge in [0, 0.05) is 7.11 Å². The van der Waals surface area contributed by atoms with Gasteiger partial charge in [-0.15, -0.1) is 0 Å². The van der Waals surface area contributed by atoms with Gasteiger partial charge in [0.05, 0.1) is 5.60 Å². The molecule has 0 heterocycles. The van der Waals surface area contributed by atoms with Crippen LogP contribution in [0.5, 0.6) is 0 Å². The fraction of sp³-hybridized carbons (Fsp3) is 0.857. The van der Waals surface area contributed by atoms with Gasteiger partial charge in [0.25, 0.3) is 0 Å². The summed E-state index contributed by atoms with van der Waals surface area (Å²) in [5.74, 6) is -0.980. The van der Waals surface area contributed by atoms with Crippen LogP contribution in [0.2, 0.25) is 0 Å². The van der Waals surface area contributed by atoms with E-state index >= 15 is 0 Å². The molecule has 1 saturated carbocycles. The van der Waals surface area contributed by atoms with Gasteiger partial charge in [-0.2, -0.15) is 0 Å². The molecular weight excluding hydrogens is 146 g/mol. The minimum Gasteiger partial charge on any atom is -0.480 e. The Labute approximate surface area is 65.3 Å². The van der Waals surface area contributed by atoms with E-state index in [2.05, 4.69) is 0 Å².